The Morgan fingerprint density at radius 3 is 2.55 bits per heavy atom. The minimum atomic E-state index is -0.188. The number of pyridine rings is 1. The Morgan fingerprint density at radius 1 is 1.15 bits per heavy atom. The van der Waals surface area contributed by atoms with E-state index in [1.807, 2.05) is 24.5 Å². The summed E-state index contributed by atoms with van der Waals surface area (Å²) in [5, 5.41) is 3.52. The zero-order valence-corrected chi connectivity index (χ0v) is 12.1. The normalized spacial score (nSPS) is 12.3. The van der Waals surface area contributed by atoms with Crippen LogP contribution in [-0.2, 0) is 12.8 Å². The number of aromatic nitrogens is 1. The summed E-state index contributed by atoms with van der Waals surface area (Å²) in [7, 11) is 0. The maximum Gasteiger partial charge on any atom is 0.123 e. The van der Waals surface area contributed by atoms with Crippen molar-refractivity contribution in [1.82, 2.24) is 10.3 Å². The van der Waals surface area contributed by atoms with Crippen LogP contribution in [0, 0.1) is 5.82 Å². The molecule has 0 aliphatic heterocycles. The highest BCUT2D eigenvalue weighted by Gasteiger charge is 2.14. The van der Waals surface area contributed by atoms with E-state index in [2.05, 4.69) is 30.2 Å². The lowest BCUT2D eigenvalue weighted by Gasteiger charge is -2.21. The first-order chi connectivity index (χ1) is 9.74. The molecule has 0 radical (unpaired) electrons. The number of nitrogens with zero attached hydrogens (tertiary/aromatic N) is 1. The first-order valence-corrected chi connectivity index (χ1v) is 7.15. The highest BCUT2D eigenvalue weighted by atomic mass is 19.1. The van der Waals surface area contributed by atoms with Crippen LogP contribution in [0.1, 0.15) is 36.6 Å². The Morgan fingerprint density at radius 2 is 1.90 bits per heavy atom. The molecule has 0 spiro atoms. The molecule has 1 N–H and O–H groups in total. The first kappa shape index (κ1) is 14.7. The zero-order chi connectivity index (χ0) is 14.4. The topological polar surface area (TPSA) is 24.9 Å². The van der Waals surface area contributed by atoms with Gasteiger partial charge in [0.1, 0.15) is 5.82 Å². The van der Waals surface area contributed by atoms with Gasteiger partial charge in [0.05, 0.1) is 0 Å². The molecule has 2 nitrogen and oxygen atoms in total. The Hall–Kier alpha value is -1.74. The lowest BCUT2D eigenvalue weighted by Crippen LogP contribution is -2.24. The predicted octanol–water partition coefficient (Wildman–Crippen LogP) is 3.68. The molecule has 1 heterocycles. The van der Waals surface area contributed by atoms with Crippen LogP contribution in [0.3, 0.4) is 0 Å². The Kier molecular flexibility index (Phi) is 5.24. The fourth-order valence-corrected chi connectivity index (χ4v) is 2.47. The summed E-state index contributed by atoms with van der Waals surface area (Å²) in [4.78, 5) is 4.20. The summed E-state index contributed by atoms with van der Waals surface area (Å²) in [6.07, 6.45) is 5.59. The summed E-state index contributed by atoms with van der Waals surface area (Å²) in [6.45, 7) is 5.14. The molecule has 106 valence electrons. The van der Waals surface area contributed by atoms with Crippen molar-refractivity contribution in [2.45, 2.75) is 32.7 Å². The molecule has 0 saturated carbocycles. The van der Waals surface area contributed by atoms with E-state index >= 15 is 0 Å². The SMILES string of the molecule is CCNC(Cc1ccc(F)cc1)c1ccncc1CC. The van der Waals surface area contributed by atoms with Gasteiger partial charge in [0.25, 0.3) is 0 Å². The van der Waals surface area contributed by atoms with Crippen LogP contribution in [-0.4, -0.2) is 11.5 Å². The van der Waals surface area contributed by atoms with Crippen LogP contribution in [0.5, 0.6) is 0 Å². The number of rotatable bonds is 6. The van der Waals surface area contributed by atoms with Crippen molar-refractivity contribution in [2.24, 2.45) is 0 Å². The smallest absolute Gasteiger partial charge is 0.123 e. The molecule has 0 saturated heterocycles. The second-order valence-corrected chi connectivity index (χ2v) is 4.87. The molecule has 2 aromatic rings. The summed E-state index contributed by atoms with van der Waals surface area (Å²) in [6, 6.07) is 9.06. The molecule has 3 heteroatoms. The number of benzene rings is 1. The van der Waals surface area contributed by atoms with Crippen molar-refractivity contribution in [3.63, 3.8) is 0 Å². The third kappa shape index (κ3) is 3.64. The van der Waals surface area contributed by atoms with Gasteiger partial charge in [-0.1, -0.05) is 26.0 Å². The van der Waals surface area contributed by atoms with Gasteiger partial charge >= 0.3 is 0 Å². The number of aryl methyl sites for hydroxylation is 1. The van der Waals surface area contributed by atoms with Crippen LogP contribution < -0.4 is 5.32 Å². The molecule has 1 aromatic heterocycles. The van der Waals surface area contributed by atoms with E-state index in [-0.39, 0.29) is 11.9 Å². The predicted molar refractivity (Wildman–Crippen MR) is 80.1 cm³/mol. The van der Waals surface area contributed by atoms with Crippen LogP contribution >= 0.6 is 0 Å². The Bertz CT molecular complexity index is 537. The third-order valence-electron chi connectivity index (χ3n) is 3.50. The maximum atomic E-state index is 13.0. The number of nitrogens with one attached hydrogen (secondary N) is 1. The molecule has 1 atom stereocenters. The second-order valence-electron chi connectivity index (χ2n) is 4.87. The van der Waals surface area contributed by atoms with E-state index in [0.29, 0.717) is 0 Å². The molecule has 2 rings (SSSR count). The first-order valence-electron chi connectivity index (χ1n) is 7.15. The molecule has 1 unspecified atom stereocenters. The average molecular weight is 272 g/mol. The van der Waals surface area contributed by atoms with Gasteiger partial charge in [0, 0.05) is 18.4 Å². The maximum absolute atomic E-state index is 13.0. The molecule has 0 fully saturated rings. The van der Waals surface area contributed by atoms with Gasteiger partial charge in [-0.25, -0.2) is 4.39 Å². The standard InChI is InChI=1S/C17H21FN2/c1-3-14-12-19-10-9-16(14)17(20-4-2)11-13-5-7-15(18)8-6-13/h5-10,12,17,20H,3-4,11H2,1-2H3. The molecule has 0 bridgehead atoms. The van der Waals surface area contributed by atoms with E-state index in [1.165, 1.54) is 23.3 Å². The van der Waals surface area contributed by atoms with Gasteiger partial charge in [-0.15, -0.1) is 0 Å². The highest BCUT2D eigenvalue weighted by molar-refractivity contribution is 5.29. The van der Waals surface area contributed by atoms with Crippen molar-refractivity contribution in [2.75, 3.05) is 6.54 Å². The van der Waals surface area contributed by atoms with Crippen LogP contribution in [0.15, 0.2) is 42.7 Å². The summed E-state index contributed by atoms with van der Waals surface area (Å²) < 4.78 is 13.0. The van der Waals surface area contributed by atoms with Crippen LogP contribution in [0.4, 0.5) is 4.39 Å². The van der Waals surface area contributed by atoms with Crippen molar-refractivity contribution in [3.8, 4) is 0 Å². The zero-order valence-electron chi connectivity index (χ0n) is 12.1. The monoisotopic (exact) mass is 272 g/mol. The van der Waals surface area contributed by atoms with Gasteiger partial charge in [-0.3, -0.25) is 4.98 Å². The minimum absolute atomic E-state index is 0.188. The lowest BCUT2D eigenvalue weighted by molar-refractivity contribution is 0.544. The van der Waals surface area contributed by atoms with Crippen molar-refractivity contribution >= 4 is 0 Å². The van der Waals surface area contributed by atoms with E-state index < -0.39 is 0 Å². The van der Waals surface area contributed by atoms with Crippen LogP contribution in [0.2, 0.25) is 0 Å². The van der Waals surface area contributed by atoms with Gasteiger partial charge < -0.3 is 5.32 Å². The fraction of sp³-hybridized carbons (Fsp3) is 0.353. The molecule has 0 aliphatic rings. The number of hydrogen-bond donors (Lipinski definition) is 1. The van der Waals surface area contributed by atoms with Crippen LogP contribution in [0.25, 0.3) is 0 Å². The molecular weight excluding hydrogens is 251 g/mol. The summed E-state index contributed by atoms with van der Waals surface area (Å²) >= 11 is 0. The average Bonchev–Trinajstić information content (AvgIpc) is 2.49. The third-order valence-corrected chi connectivity index (χ3v) is 3.50. The fourth-order valence-electron chi connectivity index (χ4n) is 2.47. The Labute approximate surface area is 120 Å². The van der Waals surface area contributed by atoms with E-state index in [9.17, 15) is 4.39 Å². The van der Waals surface area contributed by atoms with Gasteiger partial charge in [-0.05, 0) is 54.3 Å². The van der Waals surface area contributed by atoms with E-state index in [0.717, 1.165) is 24.9 Å². The van der Waals surface area contributed by atoms with Crippen molar-refractivity contribution in [1.29, 1.82) is 0 Å². The molecule has 20 heavy (non-hydrogen) atoms. The second kappa shape index (κ2) is 7.15. The summed E-state index contributed by atoms with van der Waals surface area (Å²) in [5.41, 5.74) is 3.69. The van der Waals surface area contributed by atoms with Crippen molar-refractivity contribution < 1.29 is 4.39 Å². The van der Waals surface area contributed by atoms with Gasteiger partial charge in [0.2, 0.25) is 0 Å². The molecule has 1 aromatic carbocycles. The largest absolute Gasteiger partial charge is 0.310 e. The van der Waals surface area contributed by atoms with Gasteiger partial charge in [-0.2, -0.15) is 0 Å². The number of likely N-dealkylation sites (N-methyl/N-ethyl adjacent to an activating group) is 1. The summed E-state index contributed by atoms with van der Waals surface area (Å²) in [5.74, 6) is -0.188. The molecule has 0 aliphatic carbocycles. The lowest BCUT2D eigenvalue weighted by atomic mass is 9.95. The Balaban J connectivity index is 2.24. The molecular formula is C17H21FN2. The minimum Gasteiger partial charge on any atom is -0.310 e. The number of hydrogen-bond acceptors (Lipinski definition) is 2. The van der Waals surface area contributed by atoms with E-state index in [4.69, 9.17) is 0 Å². The molecule has 0 amide bonds. The highest BCUT2D eigenvalue weighted by Crippen LogP contribution is 2.22. The van der Waals surface area contributed by atoms with Gasteiger partial charge in [0.15, 0.2) is 0 Å². The quantitative estimate of drug-likeness (QED) is 0.867. The van der Waals surface area contributed by atoms with Crippen molar-refractivity contribution in [3.05, 3.63) is 65.2 Å². The van der Waals surface area contributed by atoms with E-state index in [1.54, 1.807) is 0 Å². The number of halogens is 1.